The lowest BCUT2D eigenvalue weighted by atomic mass is 10.1. The van der Waals surface area contributed by atoms with Crippen LogP contribution in [0.3, 0.4) is 0 Å². The van der Waals surface area contributed by atoms with Gasteiger partial charge in [0.15, 0.2) is 17.4 Å². The number of hydrogen-bond acceptors (Lipinski definition) is 5. The van der Waals surface area contributed by atoms with Crippen molar-refractivity contribution < 1.29 is 41.1 Å². The molecule has 0 spiro atoms. The Hall–Kier alpha value is -3.24. The molecule has 2 aromatic carbocycles. The van der Waals surface area contributed by atoms with E-state index in [-0.39, 0.29) is 12.1 Å². The first-order valence-corrected chi connectivity index (χ1v) is 6.65. The van der Waals surface area contributed by atoms with E-state index in [1.165, 1.54) is 0 Å². The second kappa shape index (κ2) is 6.94. The van der Waals surface area contributed by atoms with Crippen LogP contribution in [0.5, 0.6) is 11.5 Å². The molecule has 11 heteroatoms. The average molecular weight is 377 g/mol. The third kappa shape index (κ3) is 3.87. The van der Waals surface area contributed by atoms with Gasteiger partial charge in [0.2, 0.25) is 0 Å². The zero-order valence-electron chi connectivity index (χ0n) is 12.8. The van der Waals surface area contributed by atoms with Crippen molar-refractivity contribution in [1.29, 1.82) is 0 Å². The lowest BCUT2D eigenvalue weighted by molar-refractivity contribution is -0.385. The molecule has 0 unspecified atom stereocenters. The molecule has 0 heterocycles. The fourth-order valence-corrected chi connectivity index (χ4v) is 1.95. The Morgan fingerprint density at radius 1 is 1.12 bits per heavy atom. The third-order valence-corrected chi connectivity index (χ3v) is 3.12. The van der Waals surface area contributed by atoms with E-state index in [9.17, 15) is 36.9 Å². The van der Waals surface area contributed by atoms with Crippen LogP contribution in [0.15, 0.2) is 30.3 Å². The van der Waals surface area contributed by atoms with Crippen molar-refractivity contribution >= 4 is 11.7 Å². The summed E-state index contributed by atoms with van der Waals surface area (Å²) < 4.78 is 74.3. The number of nitro groups is 1. The molecular formula is C15H8F5NO5. The second-order valence-electron chi connectivity index (χ2n) is 4.80. The summed E-state index contributed by atoms with van der Waals surface area (Å²) in [5.41, 5.74) is -2.78. The number of alkyl halides is 3. The summed E-state index contributed by atoms with van der Waals surface area (Å²) >= 11 is 0. The Bertz CT molecular complexity index is 858. The van der Waals surface area contributed by atoms with Gasteiger partial charge in [0.1, 0.15) is 11.3 Å². The number of nitro benzene ring substituents is 1. The van der Waals surface area contributed by atoms with E-state index in [1.807, 2.05) is 0 Å². The maximum Gasteiger partial charge on any atom is 0.416 e. The van der Waals surface area contributed by atoms with E-state index in [0.717, 1.165) is 25.3 Å². The number of nitrogens with zero attached hydrogens (tertiary/aromatic N) is 1. The number of halogens is 5. The van der Waals surface area contributed by atoms with E-state index in [2.05, 4.69) is 4.74 Å². The SMILES string of the molecule is COC(=O)c1cc(Oc2c(F)cc(C(F)(F)F)cc2F)ccc1[N+](=O)[O-]. The minimum absolute atomic E-state index is 0.0328. The van der Waals surface area contributed by atoms with E-state index >= 15 is 0 Å². The summed E-state index contributed by atoms with van der Waals surface area (Å²) in [6.45, 7) is 0. The van der Waals surface area contributed by atoms with E-state index in [0.29, 0.717) is 0 Å². The van der Waals surface area contributed by atoms with Crippen molar-refractivity contribution in [2.45, 2.75) is 6.18 Å². The van der Waals surface area contributed by atoms with Crippen LogP contribution in [-0.4, -0.2) is 18.0 Å². The molecule has 2 aromatic rings. The molecule has 0 fully saturated rings. The average Bonchev–Trinajstić information content (AvgIpc) is 2.56. The number of esters is 1. The Morgan fingerprint density at radius 3 is 2.15 bits per heavy atom. The highest BCUT2D eigenvalue weighted by Gasteiger charge is 2.33. The van der Waals surface area contributed by atoms with Crippen LogP contribution >= 0.6 is 0 Å². The fourth-order valence-electron chi connectivity index (χ4n) is 1.95. The molecule has 0 aliphatic carbocycles. The molecule has 0 saturated carbocycles. The van der Waals surface area contributed by atoms with Gasteiger partial charge in [-0.15, -0.1) is 0 Å². The minimum Gasteiger partial charge on any atom is -0.465 e. The normalized spacial score (nSPS) is 11.2. The lowest BCUT2D eigenvalue weighted by Gasteiger charge is -2.12. The van der Waals surface area contributed by atoms with Gasteiger partial charge in [0.25, 0.3) is 5.69 Å². The molecule has 0 atom stereocenters. The molecule has 0 radical (unpaired) electrons. The lowest BCUT2D eigenvalue weighted by Crippen LogP contribution is -2.08. The van der Waals surface area contributed by atoms with Crippen LogP contribution in [0, 0.1) is 21.7 Å². The summed E-state index contributed by atoms with van der Waals surface area (Å²) in [7, 11) is 0.953. The molecule has 0 amide bonds. The standard InChI is InChI=1S/C15H8F5NO5/c1-25-14(22)9-6-8(2-3-12(9)21(23)24)26-13-10(16)4-7(5-11(13)17)15(18,19)20/h2-6H,1H3. The molecule has 0 aromatic heterocycles. The topological polar surface area (TPSA) is 78.7 Å². The molecular weight excluding hydrogens is 369 g/mol. The van der Waals surface area contributed by atoms with Crippen molar-refractivity contribution in [2.75, 3.05) is 7.11 Å². The van der Waals surface area contributed by atoms with Crippen LogP contribution in [0.2, 0.25) is 0 Å². The molecule has 6 nitrogen and oxygen atoms in total. The van der Waals surface area contributed by atoms with Crippen molar-refractivity contribution in [3.05, 3.63) is 63.2 Å². The predicted octanol–water partition coefficient (Wildman–Crippen LogP) is 4.47. The first kappa shape index (κ1) is 19.1. The number of benzene rings is 2. The Morgan fingerprint density at radius 2 is 1.69 bits per heavy atom. The first-order valence-electron chi connectivity index (χ1n) is 6.65. The van der Waals surface area contributed by atoms with Gasteiger partial charge < -0.3 is 9.47 Å². The fraction of sp³-hybridized carbons (Fsp3) is 0.133. The number of carbonyl (C=O) groups excluding carboxylic acids is 1. The van der Waals surface area contributed by atoms with Gasteiger partial charge in [-0.05, 0) is 18.2 Å². The summed E-state index contributed by atoms with van der Waals surface area (Å²) in [5.74, 6) is -5.99. The molecule has 0 aliphatic rings. The number of hydrogen-bond donors (Lipinski definition) is 0. The Balaban J connectivity index is 2.46. The molecule has 0 N–H and O–H groups in total. The highest BCUT2D eigenvalue weighted by atomic mass is 19.4. The highest BCUT2D eigenvalue weighted by molar-refractivity contribution is 5.94. The van der Waals surface area contributed by atoms with Crippen molar-refractivity contribution in [1.82, 2.24) is 0 Å². The summed E-state index contributed by atoms with van der Waals surface area (Å²) in [4.78, 5) is 21.6. The van der Waals surface area contributed by atoms with Crippen molar-refractivity contribution in [2.24, 2.45) is 0 Å². The van der Waals surface area contributed by atoms with Gasteiger partial charge in [0.05, 0.1) is 17.6 Å². The van der Waals surface area contributed by atoms with Crippen LogP contribution in [0.4, 0.5) is 27.6 Å². The van der Waals surface area contributed by atoms with E-state index < -0.39 is 57.0 Å². The van der Waals surface area contributed by atoms with Gasteiger partial charge >= 0.3 is 12.1 Å². The molecule has 0 bridgehead atoms. The summed E-state index contributed by atoms with van der Waals surface area (Å²) in [5, 5.41) is 10.9. The summed E-state index contributed by atoms with van der Waals surface area (Å²) in [6, 6.07) is 2.58. The number of rotatable bonds is 4. The largest absolute Gasteiger partial charge is 0.465 e. The maximum absolute atomic E-state index is 13.8. The molecule has 0 saturated heterocycles. The molecule has 138 valence electrons. The van der Waals surface area contributed by atoms with Gasteiger partial charge in [-0.25, -0.2) is 13.6 Å². The maximum atomic E-state index is 13.8. The van der Waals surface area contributed by atoms with Crippen LogP contribution in [0.1, 0.15) is 15.9 Å². The van der Waals surface area contributed by atoms with Gasteiger partial charge in [-0.2, -0.15) is 13.2 Å². The number of carbonyl (C=O) groups is 1. The quantitative estimate of drug-likeness (QED) is 0.340. The molecule has 0 aliphatic heterocycles. The smallest absolute Gasteiger partial charge is 0.416 e. The highest BCUT2D eigenvalue weighted by Crippen LogP contribution is 2.36. The Kier molecular flexibility index (Phi) is 5.10. The number of methoxy groups -OCH3 is 1. The Labute approximate surface area is 141 Å². The molecule has 26 heavy (non-hydrogen) atoms. The first-order chi connectivity index (χ1) is 12.0. The van der Waals surface area contributed by atoms with Crippen molar-refractivity contribution in [3.8, 4) is 11.5 Å². The van der Waals surface area contributed by atoms with Crippen LogP contribution in [0.25, 0.3) is 0 Å². The van der Waals surface area contributed by atoms with E-state index in [4.69, 9.17) is 4.74 Å². The van der Waals surface area contributed by atoms with Gasteiger partial charge in [0, 0.05) is 12.1 Å². The van der Waals surface area contributed by atoms with E-state index in [1.54, 1.807) is 0 Å². The number of ether oxygens (including phenoxy) is 2. The van der Waals surface area contributed by atoms with Gasteiger partial charge in [-0.3, -0.25) is 10.1 Å². The van der Waals surface area contributed by atoms with Gasteiger partial charge in [-0.1, -0.05) is 0 Å². The summed E-state index contributed by atoms with van der Waals surface area (Å²) in [6.07, 6.45) is -4.97. The second-order valence-corrected chi connectivity index (χ2v) is 4.80. The zero-order valence-corrected chi connectivity index (χ0v) is 12.8. The van der Waals surface area contributed by atoms with Crippen LogP contribution in [-0.2, 0) is 10.9 Å². The molecule has 2 rings (SSSR count). The monoisotopic (exact) mass is 377 g/mol. The zero-order chi connectivity index (χ0) is 19.6. The van der Waals surface area contributed by atoms with Crippen molar-refractivity contribution in [3.63, 3.8) is 0 Å². The van der Waals surface area contributed by atoms with Crippen LogP contribution < -0.4 is 4.74 Å². The minimum atomic E-state index is -4.97. The third-order valence-electron chi connectivity index (χ3n) is 3.12. The predicted molar refractivity (Wildman–Crippen MR) is 75.9 cm³/mol.